The molecular weight excluding hydrogens is 577 g/mol. The van der Waals surface area contributed by atoms with Crippen molar-refractivity contribution in [3.63, 3.8) is 0 Å². The third-order valence-corrected chi connectivity index (χ3v) is 13.0. The predicted octanol–water partition coefficient (Wildman–Crippen LogP) is 7.69. The van der Waals surface area contributed by atoms with Gasteiger partial charge in [-0.3, -0.25) is 0 Å². The Bertz CT molecular complexity index is 1610. The van der Waals surface area contributed by atoms with E-state index in [1.807, 2.05) is 0 Å². The standard InChI is InChI=1S/C39H32OP2.H3P/c1-39(2)33-25-15-27-35(41(29-17-7-3-8-18-29)30-19-9-4-10-20-30)37(33)40-38-34(39)26-16-28-36(38)42(31-21-11-5-12-22-31)32-23-13-6-14-24-32;/h3-28H,1-2H3;1H3. The molecule has 0 bridgehead atoms. The van der Waals surface area contributed by atoms with Crippen LogP contribution in [0.2, 0.25) is 0 Å². The van der Waals surface area contributed by atoms with Crippen LogP contribution in [0.1, 0.15) is 25.0 Å². The maximum absolute atomic E-state index is 7.26. The minimum atomic E-state index is -0.824. The van der Waals surface area contributed by atoms with E-state index in [-0.39, 0.29) is 15.3 Å². The highest BCUT2D eigenvalue weighted by atomic mass is 31.1. The molecule has 212 valence electrons. The van der Waals surface area contributed by atoms with Gasteiger partial charge in [-0.1, -0.05) is 172 Å². The average molecular weight is 613 g/mol. The summed E-state index contributed by atoms with van der Waals surface area (Å²) in [6.07, 6.45) is 0. The SMILES string of the molecule is CC1(C)c2cccc(P(c3ccccc3)c3ccccc3)c2Oc2c(P(c3ccccc3)c3ccccc3)cccc21.P. The number of hydrogen-bond acceptors (Lipinski definition) is 1. The molecule has 6 aromatic carbocycles. The van der Waals surface area contributed by atoms with Crippen LogP contribution in [0, 0.1) is 0 Å². The van der Waals surface area contributed by atoms with Gasteiger partial charge in [0.1, 0.15) is 11.5 Å². The lowest BCUT2D eigenvalue weighted by Gasteiger charge is -2.38. The Hall–Kier alpha value is -3.59. The molecule has 0 saturated carbocycles. The maximum atomic E-state index is 7.26. The molecule has 0 spiro atoms. The van der Waals surface area contributed by atoms with Gasteiger partial charge in [0.15, 0.2) is 0 Å². The van der Waals surface area contributed by atoms with Crippen molar-refractivity contribution in [3.8, 4) is 11.5 Å². The van der Waals surface area contributed by atoms with Crippen molar-refractivity contribution in [1.29, 1.82) is 0 Å². The maximum Gasteiger partial charge on any atom is 0.139 e. The van der Waals surface area contributed by atoms with E-state index >= 15 is 0 Å². The summed E-state index contributed by atoms with van der Waals surface area (Å²) >= 11 is 0. The molecule has 0 amide bonds. The first-order valence-corrected chi connectivity index (χ1v) is 17.1. The predicted molar refractivity (Wildman–Crippen MR) is 194 cm³/mol. The molecule has 1 nitrogen and oxygen atoms in total. The van der Waals surface area contributed by atoms with Gasteiger partial charge in [0.2, 0.25) is 0 Å². The first kappa shape index (κ1) is 29.5. The van der Waals surface area contributed by atoms with Gasteiger partial charge in [-0.05, 0) is 37.1 Å². The monoisotopic (exact) mass is 612 g/mol. The molecule has 0 saturated heterocycles. The summed E-state index contributed by atoms with van der Waals surface area (Å²) < 4.78 is 7.26. The Morgan fingerprint density at radius 1 is 0.395 bits per heavy atom. The van der Waals surface area contributed by atoms with Crippen molar-refractivity contribution < 1.29 is 4.74 Å². The second-order valence-corrected chi connectivity index (χ2v) is 15.4. The third-order valence-electron chi connectivity index (χ3n) is 8.08. The Balaban J connectivity index is 0.00000329. The van der Waals surface area contributed by atoms with Gasteiger partial charge in [-0.15, -0.1) is 0 Å². The van der Waals surface area contributed by atoms with Crippen molar-refractivity contribution in [2.24, 2.45) is 0 Å². The van der Waals surface area contributed by atoms with Crippen LogP contribution in [0.25, 0.3) is 0 Å². The highest BCUT2D eigenvalue weighted by Crippen LogP contribution is 2.52. The van der Waals surface area contributed by atoms with Crippen LogP contribution in [-0.4, -0.2) is 0 Å². The summed E-state index contributed by atoms with van der Waals surface area (Å²) in [5.41, 5.74) is 2.26. The fourth-order valence-electron chi connectivity index (χ4n) is 6.01. The molecule has 1 aliphatic rings. The van der Waals surface area contributed by atoms with E-state index in [9.17, 15) is 0 Å². The van der Waals surface area contributed by atoms with E-state index in [4.69, 9.17) is 4.74 Å². The van der Waals surface area contributed by atoms with Gasteiger partial charge in [0.25, 0.3) is 0 Å². The smallest absolute Gasteiger partial charge is 0.139 e. The van der Waals surface area contributed by atoms with E-state index in [0.29, 0.717) is 0 Å². The minimum Gasteiger partial charge on any atom is -0.455 e. The lowest BCUT2D eigenvalue weighted by molar-refractivity contribution is 0.425. The van der Waals surface area contributed by atoms with Crippen LogP contribution >= 0.6 is 25.7 Å². The summed E-state index contributed by atoms with van der Waals surface area (Å²) in [4.78, 5) is 0. The fraction of sp³-hybridized carbons (Fsp3) is 0.0769. The zero-order valence-corrected chi connectivity index (χ0v) is 27.7. The number of para-hydroxylation sites is 2. The Kier molecular flexibility index (Phi) is 8.61. The molecule has 0 N–H and O–H groups in total. The third kappa shape index (κ3) is 5.48. The van der Waals surface area contributed by atoms with Gasteiger partial charge in [0.05, 0.1) is 0 Å². The molecule has 43 heavy (non-hydrogen) atoms. The van der Waals surface area contributed by atoms with Crippen LogP contribution in [0.4, 0.5) is 0 Å². The molecule has 0 aliphatic carbocycles. The van der Waals surface area contributed by atoms with E-state index in [0.717, 1.165) is 11.5 Å². The molecule has 1 unspecified atom stereocenters. The van der Waals surface area contributed by atoms with E-state index < -0.39 is 15.8 Å². The highest BCUT2D eigenvalue weighted by molar-refractivity contribution is 7.80. The molecule has 1 aliphatic heterocycles. The summed E-state index contributed by atoms with van der Waals surface area (Å²) in [5.74, 6) is 2.02. The second-order valence-electron chi connectivity index (χ2n) is 11.0. The number of fused-ring (bicyclic) bond motifs is 2. The highest BCUT2D eigenvalue weighted by Gasteiger charge is 2.39. The van der Waals surface area contributed by atoms with Crippen molar-refractivity contribution >= 4 is 57.6 Å². The zero-order valence-electron chi connectivity index (χ0n) is 24.5. The van der Waals surface area contributed by atoms with Gasteiger partial charge in [-0.25, -0.2) is 0 Å². The molecule has 0 aromatic heterocycles. The largest absolute Gasteiger partial charge is 0.455 e. The van der Waals surface area contributed by atoms with Gasteiger partial charge in [0, 0.05) is 27.2 Å². The van der Waals surface area contributed by atoms with Gasteiger partial charge >= 0.3 is 0 Å². The molecular formula is C39H35OP3. The first-order chi connectivity index (χ1) is 20.6. The van der Waals surface area contributed by atoms with Crippen LogP contribution in [0.5, 0.6) is 11.5 Å². The lowest BCUT2D eigenvalue weighted by atomic mass is 9.76. The molecule has 4 heteroatoms. The first-order valence-electron chi connectivity index (χ1n) is 14.4. The fourth-order valence-corrected chi connectivity index (χ4v) is 10.8. The van der Waals surface area contributed by atoms with E-state index in [1.165, 1.54) is 43.0 Å². The van der Waals surface area contributed by atoms with Crippen molar-refractivity contribution in [3.05, 3.63) is 169 Å². The van der Waals surface area contributed by atoms with Crippen LogP contribution in [-0.2, 0) is 5.41 Å². The number of rotatable bonds is 6. The van der Waals surface area contributed by atoms with E-state index in [1.54, 1.807) is 0 Å². The topological polar surface area (TPSA) is 9.23 Å². The summed E-state index contributed by atoms with van der Waals surface area (Å²) in [7, 11) is -1.65. The van der Waals surface area contributed by atoms with Crippen LogP contribution in [0.3, 0.4) is 0 Å². The molecule has 1 atom stereocenters. The Morgan fingerprint density at radius 2 is 0.698 bits per heavy atom. The average Bonchev–Trinajstić information content (AvgIpc) is 3.04. The minimum absolute atomic E-state index is 0. The number of benzene rings is 6. The lowest BCUT2D eigenvalue weighted by Crippen LogP contribution is -2.32. The van der Waals surface area contributed by atoms with Crippen LogP contribution < -0.4 is 36.6 Å². The summed E-state index contributed by atoms with van der Waals surface area (Å²) in [6.45, 7) is 4.70. The van der Waals surface area contributed by atoms with Gasteiger partial charge in [-0.2, -0.15) is 9.90 Å². The molecule has 0 fully saturated rings. The molecule has 1 heterocycles. The van der Waals surface area contributed by atoms with Crippen LogP contribution in [0.15, 0.2) is 158 Å². The molecule has 0 radical (unpaired) electrons. The Morgan fingerprint density at radius 3 is 1.00 bits per heavy atom. The quantitative estimate of drug-likeness (QED) is 0.175. The summed E-state index contributed by atoms with van der Waals surface area (Å²) in [6, 6.07) is 57.2. The van der Waals surface area contributed by atoms with Gasteiger partial charge < -0.3 is 4.74 Å². The van der Waals surface area contributed by atoms with E-state index in [2.05, 4.69) is 172 Å². The van der Waals surface area contributed by atoms with Crippen molar-refractivity contribution in [2.45, 2.75) is 19.3 Å². The molecule has 6 aromatic rings. The molecule has 7 rings (SSSR count). The van der Waals surface area contributed by atoms with Crippen molar-refractivity contribution in [2.75, 3.05) is 0 Å². The van der Waals surface area contributed by atoms with Crippen molar-refractivity contribution in [1.82, 2.24) is 0 Å². The number of ether oxygens (including phenoxy) is 1. The summed E-state index contributed by atoms with van der Waals surface area (Å²) in [5, 5.41) is 7.81. The number of hydrogen-bond donors (Lipinski definition) is 0. The zero-order chi connectivity index (χ0) is 28.5. The Labute approximate surface area is 261 Å². The second kappa shape index (κ2) is 12.6. The normalized spacial score (nSPS) is 13.0.